The lowest BCUT2D eigenvalue weighted by Crippen LogP contribution is -2.62. The van der Waals surface area contributed by atoms with Gasteiger partial charge >= 0.3 is 0 Å². The molecule has 1 N–H and O–H groups in total. The van der Waals surface area contributed by atoms with Crippen molar-refractivity contribution in [2.75, 3.05) is 20.3 Å². The summed E-state index contributed by atoms with van der Waals surface area (Å²) in [7, 11) is 1.62. The summed E-state index contributed by atoms with van der Waals surface area (Å²) in [6, 6.07) is -0.401. The third-order valence-corrected chi connectivity index (χ3v) is 3.27. The molecule has 2 amide bonds. The number of methoxy groups -OCH3 is 1. The van der Waals surface area contributed by atoms with Crippen LogP contribution in [0.5, 0.6) is 0 Å². The molecule has 18 heavy (non-hydrogen) atoms. The zero-order chi connectivity index (χ0) is 13.7. The van der Waals surface area contributed by atoms with Gasteiger partial charge in [-0.05, 0) is 12.3 Å². The third kappa shape index (κ3) is 3.45. The minimum Gasteiger partial charge on any atom is -0.383 e. The zero-order valence-electron chi connectivity index (χ0n) is 11.7. The van der Waals surface area contributed by atoms with Gasteiger partial charge in [0.25, 0.3) is 0 Å². The number of hydrogen-bond acceptors (Lipinski definition) is 3. The molecule has 0 aromatic carbocycles. The van der Waals surface area contributed by atoms with Crippen molar-refractivity contribution in [1.82, 2.24) is 10.2 Å². The molecular formula is C13H24N2O3. The van der Waals surface area contributed by atoms with Crippen LogP contribution in [0.15, 0.2) is 0 Å². The van der Waals surface area contributed by atoms with Crippen molar-refractivity contribution < 1.29 is 14.3 Å². The number of piperazine rings is 1. The van der Waals surface area contributed by atoms with E-state index in [2.05, 4.69) is 12.2 Å². The van der Waals surface area contributed by atoms with E-state index in [1.165, 1.54) is 0 Å². The second-order valence-electron chi connectivity index (χ2n) is 5.15. The maximum absolute atomic E-state index is 12.4. The first-order chi connectivity index (χ1) is 8.51. The van der Waals surface area contributed by atoms with Crippen molar-refractivity contribution in [3.05, 3.63) is 0 Å². The number of rotatable bonds is 6. The molecule has 0 aliphatic carbocycles. The fraction of sp³-hybridized carbons (Fsp3) is 0.846. The molecule has 1 heterocycles. The van der Waals surface area contributed by atoms with Crippen LogP contribution in [0.3, 0.4) is 0 Å². The molecule has 1 saturated heterocycles. The molecule has 0 radical (unpaired) electrons. The lowest BCUT2D eigenvalue weighted by molar-refractivity contribution is -0.149. The number of hydrogen-bond donors (Lipinski definition) is 1. The number of amides is 2. The topological polar surface area (TPSA) is 58.6 Å². The molecule has 0 bridgehead atoms. The Hall–Kier alpha value is -1.10. The van der Waals surface area contributed by atoms with Crippen molar-refractivity contribution in [2.24, 2.45) is 5.92 Å². The molecule has 1 rings (SSSR count). The first-order valence-electron chi connectivity index (χ1n) is 6.60. The summed E-state index contributed by atoms with van der Waals surface area (Å²) in [5.41, 5.74) is 0. The van der Waals surface area contributed by atoms with Gasteiger partial charge < -0.3 is 15.0 Å². The molecule has 0 aromatic rings. The Kier molecular flexibility index (Phi) is 5.59. The summed E-state index contributed by atoms with van der Waals surface area (Å²) in [6.07, 6.45) is 1.82. The number of carbonyl (C=O) groups excluding carboxylic acids is 2. The van der Waals surface area contributed by atoms with E-state index in [-0.39, 0.29) is 30.3 Å². The van der Waals surface area contributed by atoms with Crippen LogP contribution in [-0.4, -0.2) is 49.1 Å². The smallest absolute Gasteiger partial charge is 0.246 e. The average molecular weight is 256 g/mol. The highest BCUT2D eigenvalue weighted by Crippen LogP contribution is 2.16. The van der Waals surface area contributed by atoms with E-state index in [0.717, 1.165) is 12.8 Å². The van der Waals surface area contributed by atoms with Crippen molar-refractivity contribution in [3.8, 4) is 0 Å². The lowest BCUT2D eigenvalue weighted by atomic mass is 9.98. The van der Waals surface area contributed by atoms with E-state index in [4.69, 9.17) is 4.74 Å². The first kappa shape index (κ1) is 15.0. The molecule has 0 saturated carbocycles. The quantitative estimate of drug-likeness (QED) is 0.764. The van der Waals surface area contributed by atoms with E-state index in [1.807, 2.05) is 13.8 Å². The molecule has 5 heteroatoms. The van der Waals surface area contributed by atoms with Gasteiger partial charge in [0.2, 0.25) is 11.8 Å². The summed E-state index contributed by atoms with van der Waals surface area (Å²) >= 11 is 0. The van der Waals surface area contributed by atoms with Gasteiger partial charge in [0.15, 0.2) is 0 Å². The second kappa shape index (κ2) is 6.73. The highest BCUT2D eigenvalue weighted by atomic mass is 16.5. The Bertz CT molecular complexity index is 299. The number of ether oxygens (including phenoxy) is 1. The Labute approximate surface area is 109 Å². The lowest BCUT2D eigenvalue weighted by Gasteiger charge is -2.39. The van der Waals surface area contributed by atoms with Gasteiger partial charge in [-0.15, -0.1) is 0 Å². The molecule has 2 atom stereocenters. The van der Waals surface area contributed by atoms with E-state index in [1.54, 1.807) is 12.0 Å². The van der Waals surface area contributed by atoms with Crippen LogP contribution in [0.25, 0.3) is 0 Å². The maximum atomic E-state index is 12.4. The molecule has 0 aromatic heterocycles. The Morgan fingerprint density at radius 3 is 2.61 bits per heavy atom. The van der Waals surface area contributed by atoms with Gasteiger partial charge in [-0.2, -0.15) is 0 Å². The summed E-state index contributed by atoms with van der Waals surface area (Å²) in [5, 5.41) is 2.76. The Balaban J connectivity index is 2.83. The van der Waals surface area contributed by atoms with Gasteiger partial charge in [0.1, 0.15) is 6.04 Å². The van der Waals surface area contributed by atoms with Crippen molar-refractivity contribution >= 4 is 11.8 Å². The standard InChI is InChI=1S/C13H24N2O3/c1-5-6-10(8-18-4)15-7-11(16)14-12(9(2)3)13(15)17/h9-10,12H,5-8H2,1-4H3,(H,14,16). The summed E-state index contributed by atoms with van der Waals surface area (Å²) in [5.74, 6) is 0.0414. The minimum absolute atomic E-state index is 0.000185. The molecule has 1 aliphatic heterocycles. The van der Waals surface area contributed by atoms with Crippen molar-refractivity contribution in [3.63, 3.8) is 0 Å². The fourth-order valence-corrected chi connectivity index (χ4v) is 2.31. The van der Waals surface area contributed by atoms with Gasteiger partial charge in [0, 0.05) is 7.11 Å². The van der Waals surface area contributed by atoms with Crippen LogP contribution in [-0.2, 0) is 14.3 Å². The van der Waals surface area contributed by atoms with Crippen LogP contribution >= 0.6 is 0 Å². The average Bonchev–Trinajstić information content (AvgIpc) is 2.31. The molecule has 0 spiro atoms. The van der Waals surface area contributed by atoms with Gasteiger partial charge in [0.05, 0.1) is 19.2 Å². The molecule has 1 aliphatic rings. The summed E-state index contributed by atoms with van der Waals surface area (Å²) in [4.78, 5) is 25.7. The molecule has 2 unspecified atom stereocenters. The van der Waals surface area contributed by atoms with E-state index >= 15 is 0 Å². The molecular weight excluding hydrogens is 232 g/mol. The molecule has 1 fully saturated rings. The highest BCUT2D eigenvalue weighted by molar-refractivity contribution is 5.95. The Morgan fingerprint density at radius 2 is 2.11 bits per heavy atom. The van der Waals surface area contributed by atoms with Crippen LogP contribution in [0.4, 0.5) is 0 Å². The minimum atomic E-state index is -0.400. The van der Waals surface area contributed by atoms with Gasteiger partial charge in [-0.25, -0.2) is 0 Å². The van der Waals surface area contributed by atoms with Gasteiger partial charge in [-0.1, -0.05) is 27.2 Å². The summed E-state index contributed by atoms with van der Waals surface area (Å²) < 4.78 is 5.16. The SMILES string of the molecule is CCCC(COC)N1CC(=O)NC(C(C)C)C1=O. The van der Waals surface area contributed by atoms with Crippen LogP contribution in [0, 0.1) is 5.92 Å². The normalized spacial score (nSPS) is 22.3. The number of nitrogens with one attached hydrogen (secondary N) is 1. The fourth-order valence-electron chi connectivity index (χ4n) is 2.31. The third-order valence-electron chi connectivity index (χ3n) is 3.27. The second-order valence-corrected chi connectivity index (χ2v) is 5.15. The molecule has 5 nitrogen and oxygen atoms in total. The highest BCUT2D eigenvalue weighted by Gasteiger charge is 2.37. The number of nitrogens with zero attached hydrogens (tertiary/aromatic N) is 1. The summed E-state index contributed by atoms with van der Waals surface area (Å²) in [6.45, 7) is 6.58. The van der Waals surface area contributed by atoms with Crippen molar-refractivity contribution in [2.45, 2.75) is 45.7 Å². The zero-order valence-corrected chi connectivity index (χ0v) is 11.7. The van der Waals surface area contributed by atoms with Crippen LogP contribution < -0.4 is 5.32 Å². The maximum Gasteiger partial charge on any atom is 0.246 e. The largest absolute Gasteiger partial charge is 0.383 e. The monoisotopic (exact) mass is 256 g/mol. The first-order valence-corrected chi connectivity index (χ1v) is 6.60. The van der Waals surface area contributed by atoms with E-state index in [0.29, 0.717) is 6.61 Å². The van der Waals surface area contributed by atoms with Crippen LogP contribution in [0.2, 0.25) is 0 Å². The molecule has 104 valence electrons. The number of carbonyl (C=O) groups is 2. The predicted molar refractivity (Wildman–Crippen MR) is 69.1 cm³/mol. The van der Waals surface area contributed by atoms with Crippen LogP contribution in [0.1, 0.15) is 33.6 Å². The predicted octanol–water partition coefficient (Wildman–Crippen LogP) is 0.784. The van der Waals surface area contributed by atoms with Gasteiger partial charge in [-0.3, -0.25) is 9.59 Å². The van der Waals surface area contributed by atoms with E-state index in [9.17, 15) is 9.59 Å². The van der Waals surface area contributed by atoms with E-state index < -0.39 is 6.04 Å². The van der Waals surface area contributed by atoms with Crippen molar-refractivity contribution in [1.29, 1.82) is 0 Å². The Morgan fingerprint density at radius 1 is 1.44 bits per heavy atom.